The number of aryl methyl sites for hydroxylation is 1. The van der Waals surface area contributed by atoms with Gasteiger partial charge in [0.15, 0.2) is 0 Å². The summed E-state index contributed by atoms with van der Waals surface area (Å²) in [7, 11) is 0. The number of hydrogen-bond acceptors (Lipinski definition) is 0. The van der Waals surface area contributed by atoms with Gasteiger partial charge in [0, 0.05) is 0 Å². The average Bonchev–Trinajstić information content (AvgIpc) is 2.99. The minimum atomic E-state index is 0.810. The van der Waals surface area contributed by atoms with E-state index in [-0.39, 0.29) is 0 Å². The van der Waals surface area contributed by atoms with Crippen LogP contribution in [0.15, 0.2) is 49.6 Å². The third-order valence-corrected chi connectivity index (χ3v) is 11.5. The van der Waals surface area contributed by atoms with Gasteiger partial charge in [-0.05, 0) is 150 Å². The van der Waals surface area contributed by atoms with Crippen LogP contribution in [-0.2, 0) is 0 Å². The molecule has 38 heavy (non-hydrogen) atoms. The smallest absolute Gasteiger partial charge is 0.0162 e. The minimum Gasteiger partial charge on any atom is -0.103 e. The van der Waals surface area contributed by atoms with Crippen molar-refractivity contribution in [3.63, 3.8) is 0 Å². The third kappa shape index (κ3) is 8.60. The molecule has 0 heteroatoms. The van der Waals surface area contributed by atoms with Gasteiger partial charge in [-0.2, -0.15) is 0 Å². The quantitative estimate of drug-likeness (QED) is 0.316. The molecular formula is C38H60. The topological polar surface area (TPSA) is 0 Å². The molecule has 0 atom stereocenters. The van der Waals surface area contributed by atoms with E-state index in [4.69, 9.17) is 0 Å². The van der Waals surface area contributed by atoms with Crippen LogP contribution in [0.3, 0.4) is 0 Å². The van der Waals surface area contributed by atoms with Crippen LogP contribution in [0.1, 0.15) is 140 Å². The summed E-state index contributed by atoms with van der Waals surface area (Å²) in [5, 5.41) is 0. The van der Waals surface area contributed by atoms with E-state index in [0.29, 0.717) is 0 Å². The van der Waals surface area contributed by atoms with E-state index in [1.807, 2.05) is 0 Å². The molecule has 4 aliphatic carbocycles. The second kappa shape index (κ2) is 15.5. The van der Waals surface area contributed by atoms with Crippen molar-refractivity contribution < 1.29 is 0 Å². The first-order valence-electron chi connectivity index (χ1n) is 16.9. The van der Waals surface area contributed by atoms with E-state index < -0.39 is 0 Å². The maximum absolute atomic E-state index is 3.97. The Hall–Kier alpha value is -1.30. The summed E-state index contributed by atoms with van der Waals surface area (Å²) < 4.78 is 0. The molecule has 1 aromatic rings. The highest BCUT2D eigenvalue weighted by atomic mass is 14.4. The van der Waals surface area contributed by atoms with Crippen molar-refractivity contribution in [1.29, 1.82) is 0 Å². The van der Waals surface area contributed by atoms with Crippen LogP contribution in [0.2, 0.25) is 0 Å². The van der Waals surface area contributed by atoms with Gasteiger partial charge in [-0.1, -0.05) is 74.6 Å². The number of benzene rings is 1. The van der Waals surface area contributed by atoms with Gasteiger partial charge in [-0.3, -0.25) is 0 Å². The Bertz CT molecular complexity index is 785. The molecule has 0 saturated heterocycles. The zero-order valence-electron chi connectivity index (χ0n) is 25.2. The lowest BCUT2D eigenvalue weighted by atomic mass is 9.68. The van der Waals surface area contributed by atoms with Gasteiger partial charge in [0.1, 0.15) is 0 Å². The standard InChI is InChI=1S/C21H30.C17H30/c1-3-17-6-10-19(11-7-17)21-14-12-20(13-15-21)18-8-4-16(2)5-9-18;1-3-5-15-8-12-17(13-9-15)16-10-6-14(4-2)7-11-16/h3-5,8-9,17,19-21H,1,6-7,10-15H2,2H3;4,14-17H,2-3,5-13H2,1H3. The van der Waals surface area contributed by atoms with E-state index in [9.17, 15) is 0 Å². The molecule has 0 amide bonds. The van der Waals surface area contributed by atoms with Gasteiger partial charge < -0.3 is 0 Å². The summed E-state index contributed by atoms with van der Waals surface area (Å²) in [4.78, 5) is 0. The first-order chi connectivity index (χ1) is 18.6. The maximum atomic E-state index is 3.97. The van der Waals surface area contributed by atoms with Gasteiger partial charge in [0.25, 0.3) is 0 Å². The van der Waals surface area contributed by atoms with Crippen molar-refractivity contribution in [1.82, 2.24) is 0 Å². The fourth-order valence-corrected chi connectivity index (χ4v) is 8.82. The summed E-state index contributed by atoms with van der Waals surface area (Å²) >= 11 is 0. The van der Waals surface area contributed by atoms with Crippen molar-refractivity contribution in [2.45, 2.75) is 135 Å². The van der Waals surface area contributed by atoms with E-state index in [1.165, 1.54) is 121 Å². The van der Waals surface area contributed by atoms with Crippen LogP contribution >= 0.6 is 0 Å². The second-order valence-electron chi connectivity index (χ2n) is 13.9. The molecule has 4 saturated carbocycles. The second-order valence-corrected chi connectivity index (χ2v) is 13.9. The Morgan fingerprint density at radius 1 is 0.579 bits per heavy atom. The lowest BCUT2D eigenvalue weighted by molar-refractivity contribution is 0.152. The van der Waals surface area contributed by atoms with Crippen LogP contribution in [0.4, 0.5) is 0 Å². The Labute approximate surface area is 237 Å². The molecule has 0 spiro atoms. The molecule has 0 N–H and O–H groups in total. The molecule has 1 aromatic carbocycles. The Balaban J connectivity index is 0.000000181. The molecule has 5 rings (SSSR count). The molecule has 0 aromatic heterocycles. The molecular weight excluding hydrogens is 456 g/mol. The highest BCUT2D eigenvalue weighted by Gasteiger charge is 2.31. The normalized spacial score (nSPS) is 35.9. The summed E-state index contributed by atoms with van der Waals surface area (Å²) in [5.74, 6) is 7.71. The Kier molecular flexibility index (Phi) is 12.1. The lowest BCUT2D eigenvalue weighted by Crippen LogP contribution is -2.25. The molecule has 0 aliphatic heterocycles. The molecule has 0 nitrogen and oxygen atoms in total. The number of allylic oxidation sites excluding steroid dienone is 2. The van der Waals surface area contributed by atoms with Crippen LogP contribution in [0.25, 0.3) is 0 Å². The van der Waals surface area contributed by atoms with Crippen LogP contribution < -0.4 is 0 Å². The summed E-state index contributed by atoms with van der Waals surface area (Å²) in [6.45, 7) is 12.4. The number of hydrogen-bond donors (Lipinski definition) is 0. The van der Waals surface area contributed by atoms with E-state index in [0.717, 1.165) is 47.3 Å². The summed E-state index contributed by atoms with van der Waals surface area (Å²) in [6, 6.07) is 9.27. The molecule has 4 fully saturated rings. The predicted molar refractivity (Wildman–Crippen MR) is 168 cm³/mol. The van der Waals surface area contributed by atoms with Crippen molar-refractivity contribution in [3.8, 4) is 0 Å². The lowest BCUT2D eigenvalue weighted by Gasteiger charge is -2.37. The van der Waals surface area contributed by atoms with Crippen LogP contribution in [0, 0.1) is 48.3 Å². The van der Waals surface area contributed by atoms with Gasteiger partial charge in [0.2, 0.25) is 0 Å². The minimum absolute atomic E-state index is 0.810. The van der Waals surface area contributed by atoms with Crippen LogP contribution in [-0.4, -0.2) is 0 Å². The summed E-state index contributed by atoms with van der Waals surface area (Å²) in [6.07, 6.45) is 30.6. The third-order valence-electron chi connectivity index (χ3n) is 11.5. The monoisotopic (exact) mass is 516 g/mol. The van der Waals surface area contributed by atoms with Gasteiger partial charge in [-0.15, -0.1) is 13.2 Å². The zero-order valence-corrected chi connectivity index (χ0v) is 25.2. The molecule has 4 aliphatic rings. The van der Waals surface area contributed by atoms with Crippen molar-refractivity contribution in [2.24, 2.45) is 41.4 Å². The molecule has 0 bridgehead atoms. The zero-order chi connectivity index (χ0) is 26.7. The molecule has 212 valence electrons. The highest BCUT2D eigenvalue weighted by molar-refractivity contribution is 5.24. The van der Waals surface area contributed by atoms with Crippen molar-refractivity contribution >= 4 is 0 Å². The van der Waals surface area contributed by atoms with E-state index >= 15 is 0 Å². The van der Waals surface area contributed by atoms with Gasteiger partial charge in [0.05, 0.1) is 0 Å². The predicted octanol–water partition coefficient (Wildman–Crippen LogP) is 11.8. The Morgan fingerprint density at radius 3 is 1.37 bits per heavy atom. The van der Waals surface area contributed by atoms with Gasteiger partial charge in [-0.25, -0.2) is 0 Å². The van der Waals surface area contributed by atoms with E-state index in [2.05, 4.69) is 63.4 Å². The first-order valence-corrected chi connectivity index (χ1v) is 16.9. The SMILES string of the molecule is C=CC1CCC(C2CCC(CCC)CC2)CC1.C=CC1CCC(C2CCC(c3ccc(C)cc3)CC2)CC1. The number of rotatable bonds is 7. The van der Waals surface area contributed by atoms with Gasteiger partial charge >= 0.3 is 0 Å². The largest absolute Gasteiger partial charge is 0.103 e. The molecule has 0 heterocycles. The Morgan fingerprint density at radius 2 is 0.974 bits per heavy atom. The fourth-order valence-electron chi connectivity index (χ4n) is 8.82. The van der Waals surface area contributed by atoms with Crippen LogP contribution in [0.5, 0.6) is 0 Å². The molecule has 0 radical (unpaired) electrons. The summed E-state index contributed by atoms with van der Waals surface area (Å²) in [5.41, 5.74) is 2.96. The highest BCUT2D eigenvalue weighted by Crippen LogP contribution is 2.44. The van der Waals surface area contributed by atoms with Crippen molar-refractivity contribution in [2.75, 3.05) is 0 Å². The molecule has 0 unspecified atom stereocenters. The van der Waals surface area contributed by atoms with E-state index in [1.54, 1.807) is 5.56 Å². The average molecular weight is 517 g/mol. The maximum Gasteiger partial charge on any atom is -0.0162 e. The fraction of sp³-hybridized carbons (Fsp3) is 0.737. The van der Waals surface area contributed by atoms with Crippen molar-refractivity contribution in [3.05, 3.63) is 60.7 Å². The first kappa shape index (κ1) is 29.7.